The fraction of sp³-hybridized carbons (Fsp3) is 0.100. The number of hydrogen-bond donors (Lipinski definition) is 2. The van der Waals surface area contributed by atoms with Crippen molar-refractivity contribution in [2.75, 3.05) is 11.1 Å². The number of nitrogens with one attached hydrogen (secondary N) is 1. The van der Waals surface area contributed by atoms with Crippen LogP contribution in [0.5, 0.6) is 0 Å². The summed E-state index contributed by atoms with van der Waals surface area (Å²) in [5, 5.41) is 3.53. The molecule has 0 fully saturated rings. The highest BCUT2D eigenvalue weighted by atomic mass is 16.1. The maximum absolute atomic E-state index is 10.8. The molecule has 0 aliphatic carbocycles. The molecule has 2 rings (SSSR count). The lowest BCUT2D eigenvalue weighted by Gasteiger charge is -2.03. The van der Waals surface area contributed by atoms with Gasteiger partial charge in [-0.25, -0.2) is 9.97 Å². The molecular formula is C10H10N4O. The predicted octanol–water partition coefficient (Wildman–Crippen LogP) is 1.17. The number of hydrogen-bond acceptors (Lipinski definition) is 4. The van der Waals surface area contributed by atoms with Gasteiger partial charge >= 0.3 is 0 Å². The molecule has 3 N–H and O–H groups in total. The maximum atomic E-state index is 10.8. The smallest absolute Gasteiger partial charge is 0.221 e. The molecule has 1 heterocycles. The van der Waals surface area contributed by atoms with E-state index in [-0.39, 0.29) is 11.9 Å². The SMILES string of the molecule is CC(=O)Nc1ccc2nc(N)ncc2c1. The first-order chi connectivity index (χ1) is 7.15. The van der Waals surface area contributed by atoms with Crippen LogP contribution in [0.15, 0.2) is 24.4 Å². The molecule has 5 nitrogen and oxygen atoms in total. The Morgan fingerprint density at radius 3 is 3.00 bits per heavy atom. The van der Waals surface area contributed by atoms with Crippen LogP contribution in [0.25, 0.3) is 10.9 Å². The van der Waals surface area contributed by atoms with E-state index in [0.717, 1.165) is 16.6 Å². The van der Waals surface area contributed by atoms with Crippen molar-refractivity contribution in [1.82, 2.24) is 9.97 Å². The summed E-state index contributed by atoms with van der Waals surface area (Å²) in [4.78, 5) is 18.8. The van der Waals surface area contributed by atoms with Gasteiger partial charge in [-0.3, -0.25) is 4.79 Å². The topological polar surface area (TPSA) is 80.9 Å². The molecular weight excluding hydrogens is 192 g/mol. The standard InChI is InChI=1S/C10H10N4O/c1-6(15)13-8-2-3-9-7(4-8)5-12-10(11)14-9/h2-5H,1H3,(H,13,15)(H2,11,12,14). The summed E-state index contributed by atoms with van der Waals surface area (Å²) >= 11 is 0. The van der Waals surface area contributed by atoms with E-state index in [9.17, 15) is 4.79 Å². The quantitative estimate of drug-likeness (QED) is 0.727. The number of nitrogen functional groups attached to an aromatic ring is 1. The van der Waals surface area contributed by atoms with Crippen molar-refractivity contribution >= 4 is 28.4 Å². The average molecular weight is 202 g/mol. The lowest BCUT2D eigenvalue weighted by atomic mass is 10.2. The lowest BCUT2D eigenvalue weighted by molar-refractivity contribution is -0.114. The molecule has 15 heavy (non-hydrogen) atoms. The summed E-state index contributed by atoms with van der Waals surface area (Å²) in [6.07, 6.45) is 1.63. The van der Waals surface area contributed by atoms with Gasteiger partial charge in [0.1, 0.15) is 0 Å². The normalized spacial score (nSPS) is 10.2. The molecule has 0 saturated carbocycles. The first-order valence-corrected chi connectivity index (χ1v) is 4.45. The summed E-state index contributed by atoms with van der Waals surface area (Å²) in [6.45, 7) is 1.46. The summed E-state index contributed by atoms with van der Waals surface area (Å²) in [6, 6.07) is 5.37. The Labute approximate surface area is 86.3 Å². The van der Waals surface area contributed by atoms with E-state index in [4.69, 9.17) is 5.73 Å². The minimum absolute atomic E-state index is 0.106. The molecule has 0 aliphatic heterocycles. The van der Waals surface area contributed by atoms with Gasteiger partial charge in [0.15, 0.2) is 0 Å². The molecule has 0 atom stereocenters. The van der Waals surface area contributed by atoms with Crippen molar-refractivity contribution in [1.29, 1.82) is 0 Å². The Balaban J connectivity index is 2.47. The summed E-state index contributed by atoms with van der Waals surface area (Å²) in [7, 11) is 0. The van der Waals surface area contributed by atoms with Gasteiger partial charge in [-0.05, 0) is 18.2 Å². The van der Waals surface area contributed by atoms with E-state index >= 15 is 0 Å². The third-order valence-corrected chi connectivity index (χ3v) is 1.92. The highest BCUT2D eigenvalue weighted by Crippen LogP contribution is 2.17. The Morgan fingerprint density at radius 2 is 2.27 bits per heavy atom. The van der Waals surface area contributed by atoms with Crippen molar-refractivity contribution in [2.24, 2.45) is 0 Å². The van der Waals surface area contributed by atoms with Crippen molar-refractivity contribution in [3.63, 3.8) is 0 Å². The van der Waals surface area contributed by atoms with Crippen LogP contribution in [0.1, 0.15) is 6.92 Å². The summed E-state index contributed by atoms with van der Waals surface area (Å²) < 4.78 is 0. The number of nitrogens with zero attached hydrogens (tertiary/aromatic N) is 2. The molecule has 1 aromatic heterocycles. The third-order valence-electron chi connectivity index (χ3n) is 1.92. The maximum Gasteiger partial charge on any atom is 0.221 e. The average Bonchev–Trinajstić information content (AvgIpc) is 2.17. The van der Waals surface area contributed by atoms with Crippen LogP contribution in [0.2, 0.25) is 0 Å². The van der Waals surface area contributed by atoms with Crippen LogP contribution >= 0.6 is 0 Å². The van der Waals surface area contributed by atoms with Crippen LogP contribution in [-0.2, 0) is 4.79 Å². The first-order valence-electron chi connectivity index (χ1n) is 4.45. The minimum atomic E-state index is -0.106. The van der Waals surface area contributed by atoms with Gasteiger partial charge in [0, 0.05) is 24.2 Å². The highest BCUT2D eigenvalue weighted by molar-refractivity contribution is 5.92. The number of rotatable bonds is 1. The molecule has 0 unspecified atom stereocenters. The molecule has 0 radical (unpaired) electrons. The molecule has 2 aromatic rings. The van der Waals surface area contributed by atoms with Crippen molar-refractivity contribution in [2.45, 2.75) is 6.92 Å². The lowest BCUT2D eigenvalue weighted by Crippen LogP contribution is -2.05. The van der Waals surface area contributed by atoms with Crippen LogP contribution in [0.3, 0.4) is 0 Å². The van der Waals surface area contributed by atoms with Gasteiger partial charge in [0.05, 0.1) is 5.52 Å². The zero-order valence-corrected chi connectivity index (χ0v) is 8.19. The van der Waals surface area contributed by atoms with Crippen molar-refractivity contribution < 1.29 is 4.79 Å². The van der Waals surface area contributed by atoms with E-state index in [1.165, 1.54) is 6.92 Å². The molecule has 0 aliphatic rings. The Hall–Kier alpha value is -2.17. The van der Waals surface area contributed by atoms with E-state index in [2.05, 4.69) is 15.3 Å². The predicted molar refractivity (Wildman–Crippen MR) is 58.3 cm³/mol. The molecule has 0 bridgehead atoms. The third kappa shape index (κ3) is 2.01. The zero-order valence-electron chi connectivity index (χ0n) is 8.19. The van der Waals surface area contributed by atoms with Crippen LogP contribution in [-0.4, -0.2) is 15.9 Å². The van der Waals surface area contributed by atoms with Crippen LogP contribution in [0, 0.1) is 0 Å². The zero-order chi connectivity index (χ0) is 10.8. The number of carbonyl (C=O) groups is 1. The van der Waals surface area contributed by atoms with E-state index < -0.39 is 0 Å². The van der Waals surface area contributed by atoms with Crippen LogP contribution < -0.4 is 11.1 Å². The second kappa shape index (κ2) is 3.53. The monoisotopic (exact) mass is 202 g/mol. The van der Waals surface area contributed by atoms with Gasteiger partial charge in [-0.1, -0.05) is 0 Å². The minimum Gasteiger partial charge on any atom is -0.368 e. The second-order valence-electron chi connectivity index (χ2n) is 3.18. The number of nitrogens with two attached hydrogens (primary N) is 1. The number of benzene rings is 1. The molecule has 0 spiro atoms. The number of aromatic nitrogens is 2. The molecule has 1 aromatic carbocycles. The molecule has 1 amide bonds. The second-order valence-corrected chi connectivity index (χ2v) is 3.18. The van der Waals surface area contributed by atoms with E-state index in [1.54, 1.807) is 24.4 Å². The fourth-order valence-electron chi connectivity index (χ4n) is 1.33. The highest BCUT2D eigenvalue weighted by Gasteiger charge is 2.00. The number of fused-ring (bicyclic) bond motifs is 1. The Morgan fingerprint density at radius 1 is 1.47 bits per heavy atom. The largest absolute Gasteiger partial charge is 0.368 e. The number of carbonyl (C=O) groups excluding carboxylic acids is 1. The Bertz CT molecular complexity index is 524. The number of anilines is 2. The van der Waals surface area contributed by atoms with Gasteiger partial charge in [0.2, 0.25) is 11.9 Å². The van der Waals surface area contributed by atoms with Crippen molar-refractivity contribution in [3.8, 4) is 0 Å². The summed E-state index contributed by atoms with van der Waals surface area (Å²) in [5.41, 5.74) is 6.94. The summed E-state index contributed by atoms with van der Waals surface area (Å²) in [5.74, 6) is 0.139. The van der Waals surface area contributed by atoms with Crippen LogP contribution in [0.4, 0.5) is 11.6 Å². The van der Waals surface area contributed by atoms with Gasteiger partial charge in [0.25, 0.3) is 0 Å². The van der Waals surface area contributed by atoms with Crippen molar-refractivity contribution in [3.05, 3.63) is 24.4 Å². The number of amides is 1. The fourth-order valence-corrected chi connectivity index (χ4v) is 1.33. The molecule has 5 heteroatoms. The molecule has 76 valence electrons. The molecule has 0 saturated heterocycles. The van der Waals surface area contributed by atoms with Gasteiger partial charge < -0.3 is 11.1 Å². The first kappa shape index (κ1) is 9.39. The van der Waals surface area contributed by atoms with E-state index in [1.807, 2.05) is 0 Å². The Kier molecular flexibility index (Phi) is 2.21. The van der Waals surface area contributed by atoms with E-state index in [0.29, 0.717) is 0 Å². The van der Waals surface area contributed by atoms with Gasteiger partial charge in [-0.2, -0.15) is 0 Å². The van der Waals surface area contributed by atoms with Gasteiger partial charge in [-0.15, -0.1) is 0 Å².